The predicted octanol–water partition coefficient (Wildman–Crippen LogP) is 7.52. The van der Waals surface area contributed by atoms with Gasteiger partial charge in [-0.2, -0.15) is 0 Å². The van der Waals surface area contributed by atoms with Crippen LogP contribution in [-0.2, 0) is 12.5 Å². The van der Waals surface area contributed by atoms with Crippen molar-refractivity contribution in [1.82, 2.24) is 4.98 Å². The first-order valence-electron chi connectivity index (χ1n) is 16.2. The summed E-state index contributed by atoms with van der Waals surface area (Å²) < 4.78 is 91.3. The minimum Gasteiger partial charge on any atom is -0.455 e. The van der Waals surface area contributed by atoms with E-state index in [9.17, 15) is 0 Å². The first kappa shape index (κ1) is 12.9. The standard InChI is InChI=1S/C31H31N2O/c1-17(2)24-16-33(7)25(15-19(24)4)26-18(3)10-11-21-22-13-12-20-23-9-8-14-32-30(23)31(5,6)27(20)29(22)34-28(21)26/h8-17H,1-7H3/q+1/i1D3,4D3,5D3,17D. The van der Waals surface area contributed by atoms with E-state index >= 15 is 0 Å². The van der Waals surface area contributed by atoms with Crippen molar-refractivity contribution >= 4 is 21.9 Å². The maximum Gasteiger partial charge on any atom is 0.216 e. The zero-order valence-corrected chi connectivity index (χ0v) is 19.5. The summed E-state index contributed by atoms with van der Waals surface area (Å²) in [5.41, 5.74) is 3.29. The lowest BCUT2D eigenvalue weighted by Gasteiger charge is -2.20. The molecule has 2 atom stereocenters. The summed E-state index contributed by atoms with van der Waals surface area (Å²) in [5, 5.41) is 1.42. The summed E-state index contributed by atoms with van der Waals surface area (Å²) in [6.45, 7) is -3.21. The van der Waals surface area contributed by atoms with Crippen molar-refractivity contribution in [2.45, 2.75) is 52.6 Å². The van der Waals surface area contributed by atoms with Gasteiger partial charge >= 0.3 is 0 Å². The molecule has 0 radical (unpaired) electrons. The SMILES string of the molecule is [2H]C([2H])([2H])c1cc(-c2c(C)ccc3c2oc2c4c(ccc23)-c2cccnc2C4(C)C([2H])([2H])[2H])[n+](C)cc1C([2H])(C)C([2H])([2H])[2H]. The van der Waals surface area contributed by atoms with E-state index in [2.05, 4.69) is 4.98 Å². The second kappa shape index (κ2) is 7.02. The fourth-order valence-corrected chi connectivity index (χ4v) is 5.38. The van der Waals surface area contributed by atoms with E-state index in [4.69, 9.17) is 18.1 Å². The molecule has 2 unspecified atom stereocenters. The summed E-state index contributed by atoms with van der Waals surface area (Å²) in [4.78, 5) is 4.51. The average Bonchev–Trinajstić information content (AvgIpc) is 3.41. The molecule has 170 valence electrons. The number of nitrogens with zero attached hydrogens (tertiary/aromatic N) is 2. The molecule has 5 aromatic rings. The third-order valence-corrected chi connectivity index (χ3v) is 7.02. The number of aryl methyl sites for hydroxylation is 3. The molecule has 0 saturated heterocycles. The fraction of sp³-hybridized carbons (Fsp3) is 0.290. The quantitative estimate of drug-likeness (QED) is 0.257. The minimum atomic E-state index is -2.78. The third kappa shape index (κ3) is 2.70. The van der Waals surface area contributed by atoms with Crippen LogP contribution >= 0.6 is 0 Å². The first-order valence-corrected chi connectivity index (χ1v) is 11.2. The molecule has 3 nitrogen and oxygen atoms in total. The van der Waals surface area contributed by atoms with Crippen LogP contribution in [0.2, 0.25) is 0 Å². The Balaban J connectivity index is 1.70. The minimum absolute atomic E-state index is 0.116. The van der Waals surface area contributed by atoms with Gasteiger partial charge in [0.25, 0.3) is 0 Å². The van der Waals surface area contributed by atoms with Gasteiger partial charge in [0, 0.05) is 58.8 Å². The Labute approximate surface area is 215 Å². The van der Waals surface area contributed by atoms with Crippen molar-refractivity contribution in [3.8, 4) is 22.4 Å². The molecule has 3 heteroatoms. The molecule has 0 spiro atoms. The van der Waals surface area contributed by atoms with Crippen molar-refractivity contribution < 1.29 is 22.7 Å². The molecule has 6 rings (SSSR count). The molecule has 0 saturated carbocycles. The van der Waals surface area contributed by atoms with E-state index in [-0.39, 0.29) is 11.1 Å². The number of pyridine rings is 2. The Hall–Kier alpha value is -3.46. The van der Waals surface area contributed by atoms with E-state index in [0.717, 1.165) is 16.7 Å². The van der Waals surface area contributed by atoms with Gasteiger partial charge in [0.1, 0.15) is 18.2 Å². The van der Waals surface area contributed by atoms with E-state index in [1.54, 1.807) is 30.8 Å². The predicted molar refractivity (Wildman–Crippen MR) is 139 cm³/mol. The van der Waals surface area contributed by atoms with Crippen molar-refractivity contribution in [3.63, 3.8) is 0 Å². The van der Waals surface area contributed by atoms with Crippen LogP contribution in [0.1, 0.15) is 75.1 Å². The number of fused-ring (bicyclic) bond motifs is 7. The van der Waals surface area contributed by atoms with Crippen LogP contribution < -0.4 is 4.57 Å². The topological polar surface area (TPSA) is 29.9 Å². The lowest BCUT2D eigenvalue weighted by molar-refractivity contribution is -0.660. The zero-order valence-electron chi connectivity index (χ0n) is 29.5. The van der Waals surface area contributed by atoms with Crippen LogP contribution in [0.5, 0.6) is 0 Å². The largest absolute Gasteiger partial charge is 0.455 e. The second-order valence-electron chi connectivity index (χ2n) is 9.35. The molecular formula is C31H31N2O+. The average molecular weight is 458 g/mol. The third-order valence-electron chi connectivity index (χ3n) is 7.02. The highest BCUT2D eigenvalue weighted by Crippen LogP contribution is 2.52. The Morgan fingerprint density at radius 1 is 1.09 bits per heavy atom. The van der Waals surface area contributed by atoms with Crippen LogP contribution in [0, 0.1) is 13.8 Å². The van der Waals surface area contributed by atoms with Gasteiger partial charge in [-0.3, -0.25) is 4.98 Å². The lowest BCUT2D eigenvalue weighted by Crippen LogP contribution is -2.32. The lowest BCUT2D eigenvalue weighted by atomic mass is 9.84. The molecule has 2 aromatic carbocycles. The van der Waals surface area contributed by atoms with Gasteiger partial charge in [0.15, 0.2) is 6.20 Å². The number of hydrogen-bond donors (Lipinski definition) is 0. The maximum absolute atomic E-state index is 8.68. The van der Waals surface area contributed by atoms with E-state index in [1.807, 2.05) is 37.3 Å². The van der Waals surface area contributed by atoms with Gasteiger partial charge in [-0.1, -0.05) is 38.0 Å². The Morgan fingerprint density at radius 2 is 1.91 bits per heavy atom. The number of hydrogen-bond acceptors (Lipinski definition) is 2. The highest BCUT2D eigenvalue weighted by Gasteiger charge is 2.40. The maximum atomic E-state index is 8.68. The molecule has 0 aliphatic heterocycles. The number of rotatable bonds is 2. The molecular weight excluding hydrogens is 416 g/mol. The van der Waals surface area contributed by atoms with Gasteiger partial charge < -0.3 is 4.42 Å². The monoisotopic (exact) mass is 457 g/mol. The Bertz CT molecular complexity index is 2000. The van der Waals surface area contributed by atoms with Crippen molar-refractivity contribution in [3.05, 3.63) is 82.8 Å². The molecule has 3 aromatic heterocycles. The normalized spacial score (nSPS) is 24.2. The molecule has 0 fully saturated rings. The van der Waals surface area contributed by atoms with Crippen LogP contribution in [0.3, 0.4) is 0 Å². The van der Waals surface area contributed by atoms with E-state index < -0.39 is 31.9 Å². The van der Waals surface area contributed by atoms with Gasteiger partial charge in [-0.05, 0) is 62.3 Å². The molecule has 1 aliphatic carbocycles. The van der Waals surface area contributed by atoms with Crippen LogP contribution in [-0.4, -0.2) is 4.98 Å². The molecule has 0 bridgehead atoms. The fourth-order valence-electron chi connectivity index (χ4n) is 5.38. The summed E-state index contributed by atoms with van der Waals surface area (Å²) in [6, 6.07) is 12.6. The summed E-state index contributed by atoms with van der Waals surface area (Å²) >= 11 is 0. The highest BCUT2D eigenvalue weighted by molar-refractivity contribution is 6.12. The smallest absolute Gasteiger partial charge is 0.216 e. The van der Waals surface area contributed by atoms with Gasteiger partial charge in [0.05, 0.1) is 11.3 Å². The molecule has 34 heavy (non-hydrogen) atoms. The van der Waals surface area contributed by atoms with Gasteiger partial charge in [-0.25, -0.2) is 4.57 Å². The van der Waals surface area contributed by atoms with Crippen LogP contribution in [0.25, 0.3) is 44.3 Å². The molecule has 1 aliphatic rings. The number of aromatic nitrogens is 2. The van der Waals surface area contributed by atoms with Crippen molar-refractivity contribution in [2.75, 3.05) is 0 Å². The Morgan fingerprint density at radius 3 is 2.71 bits per heavy atom. The van der Waals surface area contributed by atoms with Gasteiger partial charge in [-0.15, -0.1) is 0 Å². The van der Waals surface area contributed by atoms with E-state index in [1.165, 1.54) is 19.2 Å². The van der Waals surface area contributed by atoms with Crippen LogP contribution in [0.15, 0.2) is 59.3 Å². The zero-order chi connectivity index (χ0) is 32.4. The molecule has 0 N–H and O–H groups in total. The van der Waals surface area contributed by atoms with Crippen LogP contribution in [0.4, 0.5) is 0 Å². The molecule has 0 amide bonds. The van der Waals surface area contributed by atoms with E-state index in [0.29, 0.717) is 44.5 Å². The second-order valence-corrected chi connectivity index (χ2v) is 9.35. The number of benzene rings is 2. The van der Waals surface area contributed by atoms with Gasteiger partial charge in [0.2, 0.25) is 5.69 Å². The highest BCUT2D eigenvalue weighted by atomic mass is 16.3. The van der Waals surface area contributed by atoms with Crippen molar-refractivity contribution in [2.24, 2.45) is 7.05 Å². The summed E-state index contributed by atoms with van der Waals surface area (Å²) in [5.74, 6) is -2.18. The van der Waals surface area contributed by atoms with Crippen molar-refractivity contribution in [1.29, 1.82) is 0 Å². The number of furan rings is 1. The summed E-state index contributed by atoms with van der Waals surface area (Å²) in [7, 11) is 1.67. The first-order chi connectivity index (χ1) is 20.2. The molecule has 3 heterocycles. The summed E-state index contributed by atoms with van der Waals surface area (Å²) in [6.07, 6.45) is 3.00. The Kier molecular flexibility index (Phi) is 2.65.